The van der Waals surface area contributed by atoms with Crippen LogP contribution in [0.2, 0.25) is 0 Å². The molecule has 0 heterocycles. The van der Waals surface area contributed by atoms with Crippen LogP contribution in [0.1, 0.15) is 11.6 Å². The highest BCUT2D eigenvalue weighted by Gasteiger charge is 2.08. The fraction of sp³-hybridized carbons (Fsp3) is 0.455. The summed E-state index contributed by atoms with van der Waals surface area (Å²) in [5.74, 6) is 0.229. The van der Waals surface area contributed by atoms with Gasteiger partial charge in [0.15, 0.2) is 0 Å². The molecule has 0 spiro atoms. The Balaban J connectivity index is 2.53. The van der Waals surface area contributed by atoms with Gasteiger partial charge >= 0.3 is 0 Å². The minimum atomic E-state index is -0.110. The summed E-state index contributed by atoms with van der Waals surface area (Å²) in [7, 11) is 1.64. The molecule has 1 unspecified atom stereocenters. The number of aliphatic hydroxyl groups is 1. The van der Waals surface area contributed by atoms with Crippen molar-refractivity contribution in [3.8, 4) is 5.75 Å². The third-order valence-electron chi connectivity index (χ3n) is 2.17. The van der Waals surface area contributed by atoms with Crippen molar-refractivity contribution in [3.63, 3.8) is 0 Å². The number of hydrogen-bond acceptors (Lipinski definition) is 4. The molecule has 4 nitrogen and oxygen atoms in total. The molecule has 1 aromatic carbocycles. The summed E-state index contributed by atoms with van der Waals surface area (Å²) in [4.78, 5) is 0. The van der Waals surface area contributed by atoms with Crippen LogP contribution in [0.5, 0.6) is 5.75 Å². The first kappa shape index (κ1) is 12.0. The number of nitrogens with one attached hydrogen (secondary N) is 1. The molecule has 0 fully saturated rings. The maximum Gasteiger partial charge on any atom is 0.115 e. The predicted molar refractivity (Wildman–Crippen MR) is 57.8 cm³/mol. The topological polar surface area (TPSA) is 61.7 Å². The van der Waals surface area contributed by atoms with Gasteiger partial charge < -0.3 is 20.3 Å². The number of rotatable bonds is 6. The summed E-state index contributed by atoms with van der Waals surface area (Å²) >= 11 is 0. The smallest absolute Gasteiger partial charge is 0.115 e. The summed E-state index contributed by atoms with van der Waals surface area (Å²) in [6, 6.07) is 6.68. The minimum absolute atomic E-state index is 0.0223. The molecule has 84 valence electrons. The monoisotopic (exact) mass is 211 g/mol. The van der Waals surface area contributed by atoms with E-state index in [-0.39, 0.29) is 18.4 Å². The van der Waals surface area contributed by atoms with Crippen molar-refractivity contribution >= 4 is 0 Å². The molecule has 1 aromatic rings. The lowest BCUT2D eigenvalue weighted by atomic mass is 10.1. The van der Waals surface area contributed by atoms with Crippen LogP contribution in [0, 0.1) is 0 Å². The number of aromatic hydroxyl groups is 1. The lowest BCUT2D eigenvalue weighted by Crippen LogP contribution is -2.27. The highest BCUT2D eigenvalue weighted by molar-refractivity contribution is 5.28. The molecule has 0 amide bonds. The molecule has 0 bridgehead atoms. The molecule has 1 rings (SSSR count). The summed E-state index contributed by atoms with van der Waals surface area (Å²) in [5.41, 5.74) is 0.950. The second-order valence-electron chi connectivity index (χ2n) is 3.27. The Labute approximate surface area is 89.5 Å². The average Bonchev–Trinajstić information content (AvgIpc) is 2.26. The van der Waals surface area contributed by atoms with Gasteiger partial charge in [-0.1, -0.05) is 12.1 Å². The third-order valence-corrected chi connectivity index (χ3v) is 2.17. The summed E-state index contributed by atoms with van der Waals surface area (Å²) in [6.45, 7) is 1.31. The second kappa shape index (κ2) is 6.40. The van der Waals surface area contributed by atoms with Crippen molar-refractivity contribution in [1.82, 2.24) is 5.32 Å². The number of hydrogen-bond donors (Lipinski definition) is 3. The number of methoxy groups -OCH3 is 1. The van der Waals surface area contributed by atoms with Crippen molar-refractivity contribution in [2.75, 3.05) is 26.9 Å². The fourth-order valence-corrected chi connectivity index (χ4v) is 1.33. The maximum absolute atomic E-state index is 9.18. The van der Waals surface area contributed by atoms with Crippen LogP contribution in [0.25, 0.3) is 0 Å². The van der Waals surface area contributed by atoms with E-state index in [1.807, 2.05) is 0 Å². The van der Waals surface area contributed by atoms with Gasteiger partial charge in [-0.3, -0.25) is 0 Å². The summed E-state index contributed by atoms with van der Waals surface area (Å²) < 4.78 is 4.91. The molecular formula is C11H17NO3. The largest absolute Gasteiger partial charge is 0.508 e. The molecule has 0 aliphatic heterocycles. The first-order valence-electron chi connectivity index (χ1n) is 4.90. The van der Waals surface area contributed by atoms with Crippen molar-refractivity contribution in [2.45, 2.75) is 6.04 Å². The lowest BCUT2D eigenvalue weighted by molar-refractivity contribution is 0.184. The Morgan fingerprint density at radius 3 is 2.53 bits per heavy atom. The van der Waals surface area contributed by atoms with Crippen molar-refractivity contribution < 1.29 is 14.9 Å². The van der Waals surface area contributed by atoms with Crippen LogP contribution >= 0.6 is 0 Å². The highest BCUT2D eigenvalue weighted by atomic mass is 16.5. The van der Waals surface area contributed by atoms with Gasteiger partial charge in [-0.25, -0.2) is 0 Å². The highest BCUT2D eigenvalue weighted by Crippen LogP contribution is 2.16. The molecule has 0 radical (unpaired) electrons. The Bertz CT molecular complexity index is 274. The van der Waals surface area contributed by atoms with E-state index in [9.17, 15) is 5.11 Å². The van der Waals surface area contributed by atoms with Gasteiger partial charge in [0.2, 0.25) is 0 Å². The molecule has 0 aliphatic rings. The fourth-order valence-electron chi connectivity index (χ4n) is 1.33. The Morgan fingerprint density at radius 2 is 2.00 bits per heavy atom. The molecule has 0 saturated heterocycles. The average molecular weight is 211 g/mol. The molecule has 1 atom stereocenters. The lowest BCUT2D eigenvalue weighted by Gasteiger charge is -2.16. The Kier molecular flexibility index (Phi) is 5.10. The van der Waals surface area contributed by atoms with Gasteiger partial charge in [0.25, 0.3) is 0 Å². The van der Waals surface area contributed by atoms with E-state index in [1.165, 1.54) is 0 Å². The van der Waals surface area contributed by atoms with Crippen molar-refractivity contribution in [2.24, 2.45) is 0 Å². The number of aliphatic hydroxyl groups excluding tert-OH is 1. The van der Waals surface area contributed by atoms with Crippen molar-refractivity contribution in [1.29, 1.82) is 0 Å². The zero-order chi connectivity index (χ0) is 11.1. The second-order valence-corrected chi connectivity index (χ2v) is 3.27. The van der Waals surface area contributed by atoms with Gasteiger partial charge in [-0.05, 0) is 17.7 Å². The Morgan fingerprint density at radius 1 is 1.33 bits per heavy atom. The van der Waals surface area contributed by atoms with E-state index < -0.39 is 0 Å². The van der Waals surface area contributed by atoms with Crippen molar-refractivity contribution in [3.05, 3.63) is 29.8 Å². The summed E-state index contributed by atoms with van der Waals surface area (Å²) in [6.07, 6.45) is 0. The number of phenolic OH excluding ortho intramolecular Hbond substituents is 1. The summed E-state index contributed by atoms with van der Waals surface area (Å²) in [5, 5.41) is 21.5. The quantitative estimate of drug-likeness (QED) is 0.605. The maximum atomic E-state index is 9.18. The first-order chi connectivity index (χ1) is 7.27. The van der Waals surface area contributed by atoms with E-state index in [0.717, 1.165) is 5.56 Å². The van der Waals surface area contributed by atoms with E-state index in [4.69, 9.17) is 9.84 Å². The van der Waals surface area contributed by atoms with Crippen LogP contribution < -0.4 is 5.32 Å². The molecule has 0 aromatic heterocycles. The predicted octanol–water partition coefficient (Wildman–Crippen LogP) is 0.662. The van der Waals surface area contributed by atoms with E-state index >= 15 is 0 Å². The minimum Gasteiger partial charge on any atom is -0.508 e. The van der Waals surface area contributed by atoms with Gasteiger partial charge in [-0.15, -0.1) is 0 Å². The van der Waals surface area contributed by atoms with Gasteiger partial charge in [0.05, 0.1) is 19.3 Å². The molecule has 0 aliphatic carbocycles. The Hall–Kier alpha value is -1.10. The van der Waals surface area contributed by atoms with Crippen LogP contribution in [-0.4, -0.2) is 37.1 Å². The molecule has 15 heavy (non-hydrogen) atoms. The van der Waals surface area contributed by atoms with Gasteiger partial charge in [0, 0.05) is 13.7 Å². The van der Waals surface area contributed by atoms with E-state index in [0.29, 0.717) is 13.2 Å². The molecule has 0 saturated carbocycles. The van der Waals surface area contributed by atoms with Crippen LogP contribution in [0.3, 0.4) is 0 Å². The number of benzene rings is 1. The zero-order valence-corrected chi connectivity index (χ0v) is 8.81. The van der Waals surface area contributed by atoms with E-state index in [1.54, 1.807) is 31.4 Å². The molecule has 3 N–H and O–H groups in total. The first-order valence-corrected chi connectivity index (χ1v) is 4.90. The third kappa shape index (κ3) is 3.87. The number of ether oxygens (including phenoxy) is 1. The zero-order valence-electron chi connectivity index (χ0n) is 8.81. The van der Waals surface area contributed by atoms with Crippen LogP contribution in [0.15, 0.2) is 24.3 Å². The normalized spacial score (nSPS) is 12.7. The van der Waals surface area contributed by atoms with Crippen LogP contribution in [0.4, 0.5) is 0 Å². The van der Waals surface area contributed by atoms with Gasteiger partial charge in [-0.2, -0.15) is 0 Å². The standard InChI is InChI=1S/C11H17NO3/c1-15-7-6-12-11(8-13)9-2-4-10(14)5-3-9/h2-5,11-14H,6-8H2,1H3. The van der Waals surface area contributed by atoms with Crippen LogP contribution in [-0.2, 0) is 4.74 Å². The molecule has 4 heteroatoms. The number of phenols is 1. The van der Waals surface area contributed by atoms with E-state index in [2.05, 4.69) is 5.32 Å². The SMILES string of the molecule is COCCNC(CO)c1ccc(O)cc1. The van der Waals surface area contributed by atoms with Gasteiger partial charge in [0.1, 0.15) is 5.75 Å². The molecular weight excluding hydrogens is 194 g/mol.